The Hall–Kier alpha value is -3.91. The number of benzene rings is 3. The van der Waals surface area contributed by atoms with Crippen LogP contribution >= 0.6 is 11.6 Å². The molecule has 0 atom stereocenters. The van der Waals surface area contributed by atoms with Crippen molar-refractivity contribution >= 4 is 46.5 Å². The summed E-state index contributed by atoms with van der Waals surface area (Å²) in [7, 11) is 1.53. The maximum atomic E-state index is 12.9. The van der Waals surface area contributed by atoms with Gasteiger partial charge in [-0.05, 0) is 60.7 Å². The first-order valence-corrected chi connectivity index (χ1v) is 9.93. The highest BCUT2D eigenvalue weighted by Crippen LogP contribution is 2.22. The summed E-state index contributed by atoms with van der Waals surface area (Å²) in [4.78, 5) is 36.4. The zero-order chi connectivity index (χ0) is 23.1. The highest BCUT2D eigenvalue weighted by Gasteiger charge is 2.10. The normalized spacial score (nSPS) is 10.2. The highest BCUT2D eigenvalue weighted by molar-refractivity contribution is 6.31. The molecular formula is C23H20ClFN4O3. The Morgan fingerprint density at radius 1 is 0.781 bits per heavy atom. The van der Waals surface area contributed by atoms with Gasteiger partial charge in [-0.25, -0.2) is 9.18 Å². The van der Waals surface area contributed by atoms with Crippen LogP contribution in [0.2, 0.25) is 5.02 Å². The summed E-state index contributed by atoms with van der Waals surface area (Å²) in [5, 5.41) is 10.8. The Labute approximate surface area is 189 Å². The van der Waals surface area contributed by atoms with Crippen molar-refractivity contribution in [2.24, 2.45) is 0 Å². The van der Waals surface area contributed by atoms with Crippen molar-refractivity contribution in [3.8, 4) is 0 Å². The quantitative estimate of drug-likeness (QED) is 0.418. The first-order chi connectivity index (χ1) is 15.4. The molecule has 0 aliphatic carbocycles. The number of amides is 4. The zero-order valence-corrected chi connectivity index (χ0v) is 17.8. The van der Waals surface area contributed by atoms with Gasteiger partial charge in [0, 0.05) is 45.8 Å². The van der Waals surface area contributed by atoms with Crippen molar-refractivity contribution in [2.75, 3.05) is 23.0 Å². The van der Waals surface area contributed by atoms with E-state index in [0.29, 0.717) is 28.2 Å². The Morgan fingerprint density at radius 3 is 2.12 bits per heavy atom. The fraction of sp³-hybridized carbons (Fsp3) is 0.0870. The molecule has 3 aromatic carbocycles. The molecule has 0 aromatic heterocycles. The molecule has 0 saturated heterocycles. The number of rotatable bonds is 6. The third kappa shape index (κ3) is 5.83. The van der Waals surface area contributed by atoms with Gasteiger partial charge in [0.2, 0.25) is 0 Å². The number of halogens is 2. The molecule has 0 aliphatic heterocycles. The van der Waals surface area contributed by atoms with Crippen LogP contribution in [0.3, 0.4) is 0 Å². The van der Waals surface area contributed by atoms with Crippen LogP contribution in [0.5, 0.6) is 0 Å². The molecule has 3 rings (SSSR count). The van der Waals surface area contributed by atoms with Gasteiger partial charge in [0.15, 0.2) is 0 Å². The van der Waals surface area contributed by atoms with E-state index < -0.39 is 12.7 Å². The van der Waals surface area contributed by atoms with Crippen molar-refractivity contribution in [1.29, 1.82) is 0 Å². The van der Waals surface area contributed by atoms with Crippen LogP contribution in [0.1, 0.15) is 26.3 Å². The van der Waals surface area contributed by atoms with Gasteiger partial charge in [-0.15, -0.1) is 0 Å². The van der Waals surface area contributed by atoms with Gasteiger partial charge < -0.3 is 21.3 Å². The van der Waals surface area contributed by atoms with E-state index in [1.165, 1.54) is 19.2 Å². The van der Waals surface area contributed by atoms with Crippen molar-refractivity contribution in [1.82, 2.24) is 5.32 Å². The molecule has 32 heavy (non-hydrogen) atoms. The Balaban J connectivity index is 1.60. The fourth-order valence-corrected chi connectivity index (χ4v) is 3.01. The molecule has 0 spiro atoms. The summed E-state index contributed by atoms with van der Waals surface area (Å²) in [5.41, 5.74) is 2.41. The Kier molecular flexibility index (Phi) is 7.41. The lowest BCUT2D eigenvalue weighted by atomic mass is 10.1. The van der Waals surface area contributed by atoms with E-state index in [9.17, 15) is 18.8 Å². The summed E-state index contributed by atoms with van der Waals surface area (Å²) in [6.07, 6.45) is 0. The average Bonchev–Trinajstić information content (AvgIpc) is 2.80. The van der Waals surface area contributed by atoms with Gasteiger partial charge in [0.25, 0.3) is 11.8 Å². The van der Waals surface area contributed by atoms with Crippen molar-refractivity contribution in [3.05, 3.63) is 88.4 Å². The number of hydrogen-bond acceptors (Lipinski definition) is 3. The van der Waals surface area contributed by atoms with E-state index in [2.05, 4.69) is 21.3 Å². The number of alkyl halides is 1. The van der Waals surface area contributed by atoms with Gasteiger partial charge in [-0.1, -0.05) is 17.7 Å². The summed E-state index contributed by atoms with van der Waals surface area (Å²) >= 11 is 5.86. The molecule has 0 heterocycles. The molecule has 0 aliphatic rings. The summed E-state index contributed by atoms with van der Waals surface area (Å²) in [6, 6.07) is 16.8. The maximum Gasteiger partial charge on any atom is 0.323 e. The number of anilines is 3. The van der Waals surface area contributed by atoms with Crippen LogP contribution in [-0.4, -0.2) is 24.9 Å². The molecule has 9 heteroatoms. The molecule has 0 fully saturated rings. The molecule has 0 bridgehead atoms. The lowest BCUT2D eigenvalue weighted by Crippen LogP contribution is -2.20. The minimum absolute atomic E-state index is 0.255. The minimum atomic E-state index is -0.740. The number of carbonyl (C=O) groups is 3. The minimum Gasteiger partial charge on any atom is -0.355 e. The van der Waals surface area contributed by atoms with Crippen LogP contribution in [0.25, 0.3) is 0 Å². The Morgan fingerprint density at radius 2 is 1.44 bits per heavy atom. The smallest absolute Gasteiger partial charge is 0.323 e. The van der Waals surface area contributed by atoms with E-state index in [1.807, 2.05) is 0 Å². The van der Waals surface area contributed by atoms with E-state index in [0.717, 1.165) is 0 Å². The first kappa shape index (κ1) is 22.8. The topological polar surface area (TPSA) is 99.3 Å². The van der Waals surface area contributed by atoms with Crippen LogP contribution < -0.4 is 21.3 Å². The van der Waals surface area contributed by atoms with Gasteiger partial charge in [-0.2, -0.15) is 0 Å². The van der Waals surface area contributed by atoms with E-state index in [1.54, 1.807) is 54.6 Å². The molecule has 0 radical (unpaired) electrons. The van der Waals surface area contributed by atoms with Crippen molar-refractivity contribution < 1.29 is 18.8 Å². The second-order valence-electron chi connectivity index (χ2n) is 6.71. The zero-order valence-electron chi connectivity index (χ0n) is 17.0. The molecule has 3 aromatic rings. The standard InChI is InChI=1S/C23H20ClFN4O3/c1-26-21(30)15-3-2-4-18(11-15)27-22(31)14-5-7-17(8-6-14)28-23(32)29-19-9-10-20(24)16(12-19)13-25/h2-12H,13H2,1H3,(H,26,30)(H,27,31)(H2,28,29,32). The lowest BCUT2D eigenvalue weighted by molar-refractivity contribution is 0.0961. The summed E-state index contributed by atoms with van der Waals surface area (Å²) < 4.78 is 12.9. The summed E-state index contributed by atoms with van der Waals surface area (Å²) in [6.45, 7) is -0.740. The monoisotopic (exact) mass is 454 g/mol. The average molecular weight is 455 g/mol. The predicted octanol–water partition coefficient (Wildman–Crippen LogP) is 5.07. The molecule has 164 valence electrons. The van der Waals surface area contributed by atoms with Gasteiger partial charge >= 0.3 is 6.03 Å². The molecule has 4 amide bonds. The van der Waals surface area contributed by atoms with E-state index in [4.69, 9.17) is 11.6 Å². The van der Waals surface area contributed by atoms with Crippen molar-refractivity contribution in [3.63, 3.8) is 0 Å². The van der Waals surface area contributed by atoms with E-state index >= 15 is 0 Å². The lowest BCUT2D eigenvalue weighted by Gasteiger charge is -2.10. The van der Waals surface area contributed by atoms with Crippen LogP contribution in [0.4, 0.5) is 26.2 Å². The predicted molar refractivity (Wildman–Crippen MR) is 123 cm³/mol. The Bertz CT molecular complexity index is 1150. The molecule has 0 saturated carbocycles. The number of hydrogen-bond donors (Lipinski definition) is 4. The first-order valence-electron chi connectivity index (χ1n) is 9.55. The van der Waals surface area contributed by atoms with Crippen LogP contribution in [-0.2, 0) is 6.67 Å². The second-order valence-corrected chi connectivity index (χ2v) is 7.12. The molecule has 0 unspecified atom stereocenters. The van der Waals surface area contributed by atoms with Crippen LogP contribution in [0, 0.1) is 0 Å². The third-order valence-corrected chi connectivity index (χ3v) is 4.83. The molecular weight excluding hydrogens is 435 g/mol. The fourth-order valence-electron chi connectivity index (χ4n) is 2.84. The number of carbonyl (C=O) groups excluding carboxylic acids is 3. The molecule has 7 nitrogen and oxygen atoms in total. The molecule has 4 N–H and O–H groups in total. The van der Waals surface area contributed by atoms with E-state index in [-0.39, 0.29) is 22.4 Å². The van der Waals surface area contributed by atoms with Gasteiger partial charge in [-0.3, -0.25) is 9.59 Å². The number of nitrogens with one attached hydrogen (secondary N) is 4. The number of urea groups is 1. The van der Waals surface area contributed by atoms with Gasteiger partial charge in [0.05, 0.1) is 0 Å². The summed E-state index contributed by atoms with van der Waals surface area (Å²) in [5.74, 6) is -0.621. The third-order valence-electron chi connectivity index (χ3n) is 4.46. The highest BCUT2D eigenvalue weighted by atomic mass is 35.5. The maximum absolute atomic E-state index is 12.9. The largest absolute Gasteiger partial charge is 0.355 e. The van der Waals surface area contributed by atoms with Gasteiger partial charge in [0.1, 0.15) is 6.67 Å². The van der Waals surface area contributed by atoms with Crippen LogP contribution in [0.15, 0.2) is 66.7 Å². The second kappa shape index (κ2) is 10.4. The van der Waals surface area contributed by atoms with Crippen molar-refractivity contribution in [2.45, 2.75) is 6.67 Å². The SMILES string of the molecule is CNC(=O)c1cccc(NC(=O)c2ccc(NC(=O)Nc3ccc(Cl)c(CF)c3)cc2)c1.